The molecule has 4 nitrogen and oxygen atoms in total. The fourth-order valence-electron chi connectivity index (χ4n) is 3.96. The third-order valence-electron chi connectivity index (χ3n) is 5.93. The van der Waals surface area contributed by atoms with Crippen LogP contribution in [0.15, 0.2) is 48.5 Å². The average Bonchev–Trinajstić information content (AvgIpc) is 2.82. The van der Waals surface area contributed by atoms with Crippen molar-refractivity contribution in [1.82, 2.24) is 0 Å². The second kappa shape index (κ2) is 10.1. The van der Waals surface area contributed by atoms with E-state index in [1.807, 2.05) is 4.90 Å². The van der Waals surface area contributed by atoms with Crippen molar-refractivity contribution in [2.45, 2.75) is 50.4 Å². The molecule has 0 bridgehead atoms. The van der Waals surface area contributed by atoms with Crippen molar-refractivity contribution in [3.8, 4) is 0 Å². The maximum Gasteiger partial charge on any atom is 0.416 e. The normalized spacial score (nSPS) is 19.4. The van der Waals surface area contributed by atoms with Crippen molar-refractivity contribution in [1.29, 1.82) is 0 Å². The molecule has 1 fully saturated rings. The number of benzene rings is 2. The van der Waals surface area contributed by atoms with Crippen molar-refractivity contribution in [2.75, 3.05) is 25.2 Å². The Hall–Kier alpha value is -2.68. The molecule has 1 aliphatic heterocycles. The Kier molecular flexibility index (Phi) is 7.62. The summed E-state index contributed by atoms with van der Waals surface area (Å²) >= 11 is 0. The summed E-state index contributed by atoms with van der Waals surface area (Å²) in [6.07, 6.45) is -6.95. The lowest BCUT2D eigenvalue weighted by atomic mass is 9.86. The van der Waals surface area contributed by atoms with Crippen molar-refractivity contribution < 1.29 is 36.2 Å². The van der Waals surface area contributed by atoms with E-state index in [0.29, 0.717) is 30.6 Å². The Labute approximate surface area is 189 Å². The zero-order chi connectivity index (χ0) is 24.2. The van der Waals surface area contributed by atoms with E-state index >= 15 is 0 Å². The number of ether oxygens (including phenoxy) is 2. The van der Waals surface area contributed by atoms with Gasteiger partial charge in [0, 0.05) is 24.6 Å². The van der Waals surface area contributed by atoms with Crippen LogP contribution in [0.4, 0.5) is 27.6 Å². The van der Waals surface area contributed by atoms with Crippen molar-refractivity contribution >= 4 is 11.7 Å². The first-order chi connectivity index (χ1) is 15.5. The molecule has 2 aromatic carbocycles. The van der Waals surface area contributed by atoms with Gasteiger partial charge >= 0.3 is 18.3 Å². The zero-order valence-electron chi connectivity index (χ0n) is 18.4. The highest BCUT2D eigenvalue weighted by molar-refractivity contribution is 5.89. The van der Waals surface area contributed by atoms with E-state index in [4.69, 9.17) is 9.47 Å². The van der Waals surface area contributed by atoms with E-state index in [1.165, 1.54) is 26.2 Å². The largest absolute Gasteiger partial charge is 0.465 e. The van der Waals surface area contributed by atoms with Gasteiger partial charge in [-0.2, -0.15) is 22.0 Å². The van der Waals surface area contributed by atoms with Gasteiger partial charge in [-0.25, -0.2) is 4.79 Å². The summed E-state index contributed by atoms with van der Waals surface area (Å²) in [7, 11) is 1.27. The topological polar surface area (TPSA) is 38.8 Å². The molecule has 0 aliphatic carbocycles. The molecule has 0 spiro atoms. The number of carbonyl (C=O) groups excluding carboxylic acids is 1. The Morgan fingerprint density at radius 1 is 1.00 bits per heavy atom. The lowest BCUT2D eigenvalue weighted by Gasteiger charge is -2.42. The van der Waals surface area contributed by atoms with E-state index < -0.39 is 30.2 Å². The van der Waals surface area contributed by atoms with Gasteiger partial charge in [-0.05, 0) is 54.8 Å². The van der Waals surface area contributed by atoms with Gasteiger partial charge in [-0.15, -0.1) is 0 Å². The maximum atomic E-state index is 13.7. The van der Waals surface area contributed by atoms with Crippen LogP contribution >= 0.6 is 0 Å². The molecule has 0 aromatic heterocycles. The predicted molar refractivity (Wildman–Crippen MR) is 114 cm³/mol. The number of carbonyl (C=O) groups is 1. The minimum absolute atomic E-state index is 0.0875. The fraction of sp³-hybridized carbons (Fsp3) is 0.458. The molecule has 3 rings (SSSR count). The number of alkyl halides is 5. The monoisotopic (exact) mass is 471 g/mol. The van der Waals surface area contributed by atoms with Crippen molar-refractivity contribution in [3.63, 3.8) is 0 Å². The standard InChI is InChI=1S/C24H26F5NO3/c1-3-23(25,26)33-15-21-13-8-18(16-4-9-19(10-5-16)24(27,28)29)14-30(21)20-11-6-17(7-12-20)22(31)32-2/h4-7,9-12,18,21H,3,8,13-15H2,1-2H3/t18?,21-/m0/s1. The van der Waals surface area contributed by atoms with Crippen LogP contribution < -0.4 is 4.90 Å². The molecule has 1 aliphatic rings. The fourth-order valence-corrected chi connectivity index (χ4v) is 3.96. The third kappa shape index (κ3) is 6.22. The number of methoxy groups -OCH3 is 1. The Morgan fingerprint density at radius 2 is 1.64 bits per heavy atom. The summed E-state index contributed by atoms with van der Waals surface area (Å²) in [6.45, 7) is 1.55. The SMILES string of the molecule is CCC(F)(F)OC[C@@H]1CCC(c2ccc(C(F)(F)F)cc2)CN1c1ccc(C(=O)OC)cc1. The molecule has 33 heavy (non-hydrogen) atoms. The van der Waals surface area contributed by atoms with Gasteiger partial charge < -0.3 is 14.4 Å². The first-order valence-electron chi connectivity index (χ1n) is 10.7. The minimum atomic E-state index is -4.41. The molecule has 2 aromatic rings. The zero-order valence-corrected chi connectivity index (χ0v) is 18.4. The highest BCUT2D eigenvalue weighted by Crippen LogP contribution is 2.36. The summed E-state index contributed by atoms with van der Waals surface area (Å²) < 4.78 is 75.7. The highest BCUT2D eigenvalue weighted by Gasteiger charge is 2.35. The van der Waals surface area contributed by atoms with Crippen LogP contribution in [-0.2, 0) is 15.7 Å². The number of esters is 1. The van der Waals surface area contributed by atoms with Crippen LogP contribution in [-0.4, -0.2) is 38.4 Å². The van der Waals surface area contributed by atoms with E-state index in [0.717, 1.165) is 17.7 Å². The van der Waals surface area contributed by atoms with Gasteiger partial charge in [0.25, 0.3) is 0 Å². The van der Waals surface area contributed by atoms with Gasteiger partial charge in [-0.1, -0.05) is 19.1 Å². The molecule has 1 unspecified atom stereocenters. The molecule has 1 saturated heterocycles. The Morgan fingerprint density at radius 3 is 2.18 bits per heavy atom. The summed E-state index contributed by atoms with van der Waals surface area (Å²) in [4.78, 5) is 13.6. The Balaban J connectivity index is 1.83. The number of piperidine rings is 1. The molecular formula is C24H26F5NO3. The first-order valence-corrected chi connectivity index (χ1v) is 10.7. The minimum Gasteiger partial charge on any atom is -0.465 e. The quantitative estimate of drug-likeness (QED) is 0.353. The lowest BCUT2D eigenvalue weighted by Crippen LogP contribution is -2.46. The predicted octanol–water partition coefficient (Wildman–Crippen LogP) is 6.26. The maximum absolute atomic E-state index is 13.7. The summed E-state index contributed by atoms with van der Waals surface area (Å²) in [5.74, 6) is -0.583. The number of hydrogen-bond donors (Lipinski definition) is 0. The molecule has 0 radical (unpaired) electrons. The van der Waals surface area contributed by atoms with E-state index in [9.17, 15) is 26.7 Å². The molecule has 180 valence electrons. The van der Waals surface area contributed by atoms with Gasteiger partial charge in [0.2, 0.25) is 0 Å². The Bertz CT molecular complexity index is 929. The van der Waals surface area contributed by atoms with E-state index in [2.05, 4.69) is 0 Å². The molecule has 0 saturated carbocycles. The summed E-state index contributed by atoms with van der Waals surface area (Å²) in [6, 6.07) is 11.3. The number of anilines is 1. The van der Waals surface area contributed by atoms with Crippen LogP contribution in [0, 0.1) is 0 Å². The molecule has 0 amide bonds. The number of halogens is 5. The van der Waals surface area contributed by atoms with Crippen LogP contribution in [0.25, 0.3) is 0 Å². The van der Waals surface area contributed by atoms with Crippen LogP contribution in [0.1, 0.15) is 53.6 Å². The first kappa shape index (κ1) is 25.0. The van der Waals surface area contributed by atoms with Crippen LogP contribution in [0.2, 0.25) is 0 Å². The summed E-state index contributed by atoms with van der Waals surface area (Å²) in [5.41, 5.74) is 1.08. The van der Waals surface area contributed by atoms with Crippen molar-refractivity contribution in [3.05, 3.63) is 65.2 Å². The van der Waals surface area contributed by atoms with E-state index in [1.54, 1.807) is 24.3 Å². The lowest BCUT2D eigenvalue weighted by molar-refractivity contribution is -0.241. The summed E-state index contributed by atoms with van der Waals surface area (Å²) in [5, 5.41) is 0. The smallest absolute Gasteiger partial charge is 0.416 e. The molecule has 1 heterocycles. The number of hydrogen-bond acceptors (Lipinski definition) is 4. The van der Waals surface area contributed by atoms with Crippen molar-refractivity contribution in [2.24, 2.45) is 0 Å². The van der Waals surface area contributed by atoms with Gasteiger partial charge in [0.1, 0.15) is 0 Å². The molecule has 0 N–H and O–H groups in total. The van der Waals surface area contributed by atoms with E-state index in [-0.39, 0.29) is 18.6 Å². The number of nitrogens with zero attached hydrogens (tertiary/aromatic N) is 1. The average molecular weight is 471 g/mol. The number of rotatable bonds is 7. The van der Waals surface area contributed by atoms with Crippen LogP contribution in [0.5, 0.6) is 0 Å². The molecule has 9 heteroatoms. The van der Waals surface area contributed by atoms with Gasteiger partial charge in [0.15, 0.2) is 0 Å². The molecule has 2 atom stereocenters. The molecular weight excluding hydrogens is 445 g/mol. The highest BCUT2D eigenvalue weighted by atomic mass is 19.4. The van der Waals surface area contributed by atoms with Gasteiger partial charge in [-0.3, -0.25) is 0 Å². The third-order valence-corrected chi connectivity index (χ3v) is 5.93. The second-order valence-corrected chi connectivity index (χ2v) is 8.04. The second-order valence-electron chi connectivity index (χ2n) is 8.04. The van der Waals surface area contributed by atoms with Gasteiger partial charge in [0.05, 0.1) is 30.9 Å². The van der Waals surface area contributed by atoms with Crippen LogP contribution in [0.3, 0.4) is 0 Å².